The number of hydrogen-bond acceptors (Lipinski definition) is 5. The third-order valence-electron chi connectivity index (χ3n) is 3.86. The molecule has 3 aromatic heterocycles. The summed E-state index contributed by atoms with van der Waals surface area (Å²) in [6.45, 7) is 3.67. The lowest BCUT2D eigenvalue weighted by Gasteiger charge is -2.08. The van der Waals surface area contributed by atoms with Crippen molar-refractivity contribution in [2.75, 3.05) is 5.32 Å². The van der Waals surface area contributed by atoms with Gasteiger partial charge in [-0.05, 0) is 42.7 Å². The minimum atomic E-state index is 0.735. The van der Waals surface area contributed by atoms with Gasteiger partial charge in [0.1, 0.15) is 12.1 Å². The molecule has 0 saturated heterocycles. The van der Waals surface area contributed by atoms with Gasteiger partial charge in [0.15, 0.2) is 4.77 Å². The van der Waals surface area contributed by atoms with Crippen LogP contribution < -0.4 is 5.32 Å². The van der Waals surface area contributed by atoms with Crippen LogP contribution in [0.5, 0.6) is 0 Å². The zero-order valence-corrected chi connectivity index (χ0v) is 14.2. The average molecular weight is 341 g/mol. The number of thiophene rings is 1. The maximum Gasteiger partial charge on any atom is 0.178 e. The van der Waals surface area contributed by atoms with Gasteiger partial charge in [0, 0.05) is 16.8 Å². The smallest absolute Gasteiger partial charge is 0.178 e. The number of aryl methyl sites for hydroxylation is 1. The largest absolute Gasteiger partial charge is 0.365 e. The number of nitrogens with one attached hydrogen (secondary N) is 2. The summed E-state index contributed by atoms with van der Waals surface area (Å²) >= 11 is 7.12. The van der Waals surface area contributed by atoms with Gasteiger partial charge in [-0.15, -0.1) is 11.3 Å². The molecular weight excluding hydrogens is 326 g/mol. The fourth-order valence-corrected chi connectivity index (χ4v) is 3.73. The third-order valence-corrected chi connectivity index (χ3v) is 5.06. The Labute approximate surface area is 142 Å². The Morgan fingerprint density at radius 2 is 2.26 bits per heavy atom. The monoisotopic (exact) mass is 341 g/mol. The molecule has 0 bridgehead atoms. The lowest BCUT2D eigenvalue weighted by Crippen LogP contribution is -2.01. The van der Waals surface area contributed by atoms with Crippen LogP contribution in [-0.2, 0) is 13.1 Å². The Balaban J connectivity index is 1.82. The van der Waals surface area contributed by atoms with Gasteiger partial charge in [-0.3, -0.25) is 0 Å². The van der Waals surface area contributed by atoms with Gasteiger partial charge in [-0.1, -0.05) is 6.07 Å². The maximum atomic E-state index is 5.39. The second kappa shape index (κ2) is 5.75. The van der Waals surface area contributed by atoms with E-state index in [0.717, 1.165) is 45.6 Å². The Kier molecular flexibility index (Phi) is 3.59. The van der Waals surface area contributed by atoms with Crippen LogP contribution in [0.3, 0.4) is 0 Å². The summed E-state index contributed by atoms with van der Waals surface area (Å²) in [7, 11) is 0. The fourth-order valence-electron chi connectivity index (χ4n) is 2.75. The van der Waals surface area contributed by atoms with Crippen LogP contribution in [-0.4, -0.2) is 19.5 Å². The summed E-state index contributed by atoms with van der Waals surface area (Å²) in [6, 6.07) is 8.30. The summed E-state index contributed by atoms with van der Waals surface area (Å²) in [5, 5.41) is 6.47. The van der Waals surface area contributed by atoms with Crippen molar-refractivity contribution in [3.63, 3.8) is 0 Å². The highest BCUT2D eigenvalue weighted by Gasteiger charge is 2.09. The molecule has 0 aliphatic rings. The molecule has 0 aliphatic carbocycles. The number of hydrogen-bond donors (Lipinski definition) is 2. The van der Waals surface area contributed by atoms with E-state index in [-0.39, 0.29) is 0 Å². The van der Waals surface area contributed by atoms with Crippen LogP contribution in [0.4, 0.5) is 5.82 Å². The molecule has 0 fully saturated rings. The minimum absolute atomic E-state index is 0.735. The molecule has 1 aromatic carbocycles. The minimum Gasteiger partial charge on any atom is -0.365 e. The summed E-state index contributed by atoms with van der Waals surface area (Å²) in [6.07, 6.45) is 1.60. The summed E-state index contributed by atoms with van der Waals surface area (Å²) < 4.78 is 2.81. The molecule has 0 amide bonds. The molecule has 4 aromatic rings. The first kappa shape index (κ1) is 14.3. The van der Waals surface area contributed by atoms with E-state index >= 15 is 0 Å². The molecule has 0 radical (unpaired) electrons. The van der Waals surface area contributed by atoms with Crippen molar-refractivity contribution in [1.82, 2.24) is 19.5 Å². The van der Waals surface area contributed by atoms with E-state index in [1.54, 1.807) is 17.7 Å². The number of imidazole rings is 1. The molecule has 3 heterocycles. The second-order valence-electron chi connectivity index (χ2n) is 5.22. The van der Waals surface area contributed by atoms with Gasteiger partial charge in [-0.25, -0.2) is 9.97 Å². The number of benzene rings is 1. The molecule has 0 atom stereocenters. The van der Waals surface area contributed by atoms with Crippen LogP contribution in [0.15, 0.2) is 36.0 Å². The van der Waals surface area contributed by atoms with Crippen molar-refractivity contribution in [3.8, 4) is 0 Å². The molecule has 0 aliphatic heterocycles. The quantitative estimate of drug-likeness (QED) is 0.542. The molecule has 2 N–H and O–H groups in total. The van der Waals surface area contributed by atoms with Crippen LogP contribution in [0, 0.1) is 4.77 Å². The van der Waals surface area contributed by atoms with E-state index in [1.165, 1.54) is 4.88 Å². The van der Waals surface area contributed by atoms with E-state index in [2.05, 4.69) is 61.4 Å². The molecule has 4 rings (SSSR count). The molecule has 7 heteroatoms. The highest BCUT2D eigenvalue weighted by Crippen LogP contribution is 2.26. The maximum absolute atomic E-state index is 5.39. The van der Waals surface area contributed by atoms with Crippen LogP contribution >= 0.6 is 23.6 Å². The van der Waals surface area contributed by atoms with Crippen molar-refractivity contribution < 1.29 is 0 Å². The fraction of sp³-hybridized carbons (Fsp3) is 0.188. The highest BCUT2D eigenvalue weighted by molar-refractivity contribution is 7.71. The summed E-state index contributed by atoms with van der Waals surface area (Å²) in [4.78, 5) is 13.3. The number of aromatic nitrogens is 4. The zero-order valence-electron chi connectivity index (χ0n) is 12.5. The highest BCUT2D eigenvalue weighted by atomic mass is 32.1. The van der Waals surface area contributed by atoms with Crippen molar-refractivity contribution in [2.45, 2.75) is 20.0 Å². The van der Waals surface area contributed by atoms with Gasteiger partial charge < -0.3 is 14.9 Å². The molecule has 5 nitrogen and oxygen atoms in total. The van der Waals surface area contributed by atoms with E-state index in [4.69, 9.17) is 12.2 Å². The molecule has 0 spiro atoms. The molecule has 0 unspecified atom stereocenters. The number of fused-ring (bicyclic) bond motifs is 2. The van der Waals surface area contributed by atoms with E-state index in [0.29, 0.717) is 0 Å². The Morgan fingerprint density at radius 1 is 1.35 bits per heavy atom. The van der Waals surface area contributed by atoms with Gasteiger partial charge in [0.2, 0.25) is 0 Å². The van der Waals surface area contributed by atoms with Crippen molar-refractivity contribution in [3.05, 3.63) is 45.6 Å². The first-order chi connectivity index (χ1) is 11.3. The van der Waals surface area contributed by atoms with Gasteiger partial charge >= 0.3 is 0 Å². The number of rotatable bonds is 4. The standard InChI is InChI=1S/C16H15N5S2/c1-2-21-14-7-12-11(6-13(14)20-16(21)22)15(19-9-18-12)17-8-10-4-3-5-23-10/h3-7,9H,2,8H2,1H3,(H,20,22)(H,17,18,19). The lowest BCUT2D eigenvalue weighted by molar-refractivity contribution is 0.774. The van der Waals surface area contributed by atoms with Crippen molar-refractivity contribution >= 4 is 51.3 Å². The van der Waals surface area contributed by atoms with Crippen LogP contribution in [0.2, 0.25) is 0 Å². The van der Waals surface area contributed by atoms with E-state index < -0.39 is 0 Å². The Hall–Kier alpha value is -2.25. The number of aromatic amines is 1. The number of anilines is 1. The summed E-state index contributed by atoms with van der Waals surface area (Å²) in [5.41, 5.74) is 3.00. The Bertz CT molecular complexity index is 1030. The number of H-pyrrole nitrogens is 1. The van der Waals surface area contributed by atoms with E-state index in [1.807, 2.05) is 0 Å². The zero-order chi connectivity index (χ0) is 15.8. The van der Waals surface area contributed by atoms with Gasteiger partial charge in [-0.2, -0.15) is 0 Å². The average Bonchev–Trinajstić information content (AvgIpc) is 3.17. The van der Waals surface area contributed by atoms with Crippen LogP contribution in [0.25, 0.3) is 21.9 Å². The normalized spacial score (nSPS) is 11.3. The summed E-state index contributed by atoms with van der Waals surface area (Å²) in [5.74, 6) is 0.842. The predicted octanol–water partition coefficient (Wildman–Crippen LogP) is 4.34. The Morgan fingerprint density at radius 3 is 3.04 bits per heavy atom. The first-order valence-electron chi connectivity index (χ1n) is 7.40. The first-order valence-corrected chi connectivity index (χ1v) is 8.68. The SMILES string of the molecule is CCn1c(=S)[nH]c2cc3c(NCc4cccs4)ncnc3cc21. The molecule has 23 heavy (non-hydrogen) atoms. The van der Waals surface area contributed by atoms with Crippen LogP contribution in [0.1, 0.15) is 11.8 Å². The van der Waals surface area contributed by atoms with Gasteiger partial charge in [0.05, 0.1) is 23.1 Å². The topological polar surface area (TPSA) is 58.5 Å². The lowest BCUT2D eigenvalue weighted by atomic mass is 10.2. The number of nitrogens with zero attached hydrogens (tertiary/aromatic N) is 3. The van der Waals surface area contributed by atoms with Gasteiger partial charge in [0.25, 0.3) is 0 Å². The molecular formula is C16H15N5S2. The second-order valence-corrected chi connectivity index (χ2v) is 6.64. The molecule has 0 saturated carbocycles. The van der Waals surface area contributed by atoms with E-state index in [9.17, 15) is 0 Å². The predicted molar refractivity (Wildman–Crippen MR) is 97.5 cm³/mol. The van der Waals surface area contributed by atoms with Crippen molar-refractivity contribution in [2.24, 2.45) is 0 Å². The third kappa shape index (κ3) is 2.51. The molecule has 116 valence electrons. The van der Waals surface area contributed by atoms with Crippen molar-refractivity contribution in [1.29, 1.82) is 0 Å².